The normalized spacial score (nSPS) is 26.0. The van der Waals surface area contributed by atoms with Gasteiger partial charge in [0.25, 0.3) is 5.56 Å². The number of halogens is 2. The second-order valence-electron chi connectivity index (χ2n) is 8.72. The summed E-state index contributed by atoms with van der Waals surface area (Å²) in [4.78, 5) is 13.0. The maximum absolute atomic E-state index is 13.6. The second kappa shape index (κ2) is 5.88. The molecule has 0 amide bonds. The monoisotopic (exact) mass is 375 g/mol. The van der Waals surface area contributed by atoms with Crippen LogP contribution in [0.4, 0.5) is 8.78 Å². The fraction of sp³-hybridized carbons (Fsp3) is 0.550. The molecule has 144 valence electrons. The smallest absolute Gasteiger partial charge is 0.399 e. The van der Waals surface area contributed by atoms with Gasteiger partial charge in [-0.25, -0.2) is 8.78 Å². The van der Waals surface area contributed by atoms with E-state index in [2.05, 4.69) is 0 Å². The third-order valence-corrected chi connectivity index (χ3v) is 6.25. The van der Waals surface area contributed by atoms with Crippen LogP contribution < -0.4 is 11.0 Å². The van der Waals surface area contributed by atoms with Gasteiger partial charge in [-0.1, -0.05) is 12.1 Å². The first-order valence-electron chi connectivity index (χ1n) is 9.37. The van der Waals surface area contributed by atoms with Gasteiger partial charge in [-0.3, -0.25) is 4.79 Å². The third kappa shape index (κ3) is 3.11. The molecule has 4 nitrogen and oxygen atoms in total. The first-order chi connectivity index (χ1) is 12.5. The minimum atomic E-state index is -2.69. The summed E-state index contributed by atoms with van der Waals surface area (Å²) in [6, 6.07) is 6.85. The van der Waals surface area contributed by atoms with Crippen molar-refractivity contribution in [2.45, 2.75) is 70.1 Å². The summed E-state index contributed by atoms with van der Waals surface area (Å²) in [6.07, 6.45) is 1.49. The van der Waals surface area contributed by atoms with Crippen molar-refractivity contribution in [1.29, 1.82) is 0 Å². The Labute approximate surface area is 157 Å². The van der Waals surface area contributed by atoms with Crippen molar-refractivity contribution in [3.05, 3.63) is 40.8 Å². The van der Waals surface area contributed by atoms with Crippen molar-refractivity contribution in [3.8, 4) is 0 Å². The molecule has 1 aliphatic heterocycles. The molecule has 2 fully saturated rings. The molecule has 1 aliphatic carbocycles. The molecule has 1 saturated heterocycles. The minimum Gasteiger partial charge on any atom is -0.399 e. The summed E-state index contributed by atoms with van der Waals surface area (Å²) in [5, 5.41) is 1.28. The molecule has 2 aromatic rings. The number of pyridine rings is 1. The summed E-state index contributed by atoms with van der Waals surface area (Å²) in [7, 11) is -0.566. The van der Waals surface area contributed by atoms with E-state index < -0.39 is 30.3 Å². The molecule has 7 heteroatoms. The number of benzene rings is 1. The Morgan fingerprint density at radius 1 is 1.11 bits per heavy atom. The van der Waals surface area contributed by atoms with Crippen LogP contribution in [-0.4, -0.2) is 28.8 Å². The van der Waals surface area contributed by atoms with E-state index in [9.17, 15) is 13.6 Å². The standard InChI is InChI=1S/C20H24BF2NO3/c1-18(2)19(3,4)27-21(26-18)14-6-5-13-8-10-24(17(25)16(13)11-14)15-7-9-20(22,23)12-15/h5-6,8,10-11,15H,7,9,12H2,1-4H3. The van der Waals surface area contributed by atoms with Crippen LogP contribution in [0.2, 0.25) is 0 Å². The number of aromatic nitrogens is 1. The summed E-state index contributed by atoms with van der Waals surface area (Å²) in [6.45, 7) is 7.89. The maximum atomic E-state index is 13.6. The van der Waals surface area contributed by atoms with Gasteiger partial charge in [0.2, 0.25) is 5.92 Å². The molecule has 1 aromatic carbocycles. The molecule has 0 N–H and O–H groups in total. The molecule has 2 heterocycles. The zero-order valence-corrected chi connectivity index (χ0v) is 16.1. The van der Waals surface area contributed by atoms with E-state index in [1.54, 1.807) is 18.3 Å². The summed E-state index contributed by atoms with van der Waals surface area (Å²) in [5.41, 5.74) is -0.431. The molecule has 1 aromatic heterocycles. The molecule has 0 spiro atoms. The number of hydrogen-bond donors (Lipinski definition) is 0. The van der Waals surface area contributed by atoms with Crippen LogP contribution in [0.15, 0.2) is 35.3 Å². The van der Waals surface area contributed by atoms with Crippen molar-refractivity contribution < 1.29 is 18.1 Å². The lowest BCUT2D eigenvalue weighted by Crippen LogP contribution is -2.41. The minimum absolute atomic E-state index is 0.171. The maximum Gasteiger partial charge on any atom is 0.494 e. The molecule has 27 heavy (non-hydrogen) atoms. The third-order valence-electron chi connectivity index (χ3n) is 6.25. The SMILES string of the molecule is CC1(C)OB(c2ccc3ccn(C4CCC(F)(F)C4)c(=O)c3c2)OC1(C)C. The molecular formula is C20H24BF2NO3. The van der Waals surface area contributed by atoms with Gasteiger partial charge < -0.3 is 13.9 Å². The van der Waals surface area contributed by atoms with Gasteiger partial charge in [0.15, 0.2) is 0 Å². The predicted octanol–water partition coefficient (Wildman–Crippen LogP) is 3.66. The Morgan fingerprint density at radius 3 is 2.37 bits per heavy atom. The topological polar surface area (TPSA) is 40.5 Å². The lowest BCUT2D eigenvalue weighted by molar-refractivity contribution is 0.00553. The Kier molecular flexibility index (Phi) is 4.06. The average molecular weight is 375 g/mol. The first kappa shape index (κ1) is 18.6. The van der Waals surface area contributed by atoms with E-state index in [1.807, 2.05) is 39.8 Å². The van der Waals surface area contributed by atoms with E-state index in [0.29, 0.717) is 11.8 Å². The van der Waals surface area contributed by atoms with Gasteiger partial charge in [-0.05, 0) is 57.1 Å². The van der Waals surface area contributed by atoms with Gasteiger partial charge in [0, 0.05) is 30.5 Å². The van der Waals surface area contributed by atoms with Crippen LogP contribution >= 0.6 is 0 Å². The fourth-order valence-corrected chi connectivity index (χ4v) is 3.85. The Hall–Kier alpha value is -1.73. The molecule has 1 unspecified atom stereocenters. The van der Waals surface area contributed by atoms with E-state index in [-0.39, 0.29) is 18.4 Å². The predicted molar refractivity (Wildman–Crippen MR) is 102 cm³/mol. The van der Waals surface area contributed by atoms with E-state index in [1.165, 1.54) is 4.57 Å². The van der Waals surface area contributed by atoms with Crippen molar-refractivity contribution in [3.63, 3.8) is 0 Å². The van der Waals surface area contributed by atoms with Crippen LogP contribution in [0.25, 0.3) is 10.8 Å². The number of hydrogen-bond acceptors (Lipinski definition) is 3. The van der Waals surface area contributed by atoms with Gasteiger partial charge in [0.05, 0.1) is 11.2 Å². The molecule has 1 saturated carbocycles. The van der Waals surface area contributed by atoms with Crippen LogP contribution in [-0.2, 0) is 9.31 Å². The van der Waals surface area contributed by atoms with Crippen LogP contribution in [0.3, 0.4) is 0 Å². The van der Waals surface area contributed by atoms with Crippen molar-refractivity contribution in [2.24, 2.45) is 0 Å². The van der Waals surface area contributed by atoms with Crippen LogP contribution in [0, 0.1) is 0 Å². The van der Waals surface area contributed by atoms with E-state index >= 15 is 0 Å². The highest BCUT2D eigenvalue weighted by Crippen LogP contribution is 2.41. The van der Waals surface area contributed by atoms with Gasteiger partial charge in [0.1, 0.15) is 0 Å². The Morgan fingerprint density at radius 2 is 1.78 bits per heavy atom. The fourth-order valence-electron chi connectivity index (χ4n) is 3.85. The lowest BCUT2D eigenvalue weighted by Gasteiger charge is -2.32. The number of alkyl halides is 2. The highest BCUT2D eigenvalue weighted by Gasteiger charge is 2.51. The lowest BCUT2D eigenvalue weighted by atomic mass is 9.78. The van der Waals surface area contributed by atoms with Gasteiger partial charge in [-0.2, -0.15) is 0 Å². The number of fused-ring (bicyclic) bond motifs is 1. The van der Waals surface area contributed by atoms with Crippen molar-refractivity contribution in [1.82, 2.24) is 4.57 Å². The first-order valence-corrected chi connectivity index (χ1v) is 9.37. The highest BCUT2D eigenvalue weighted by atomic mass is 19.3. The number of rotatable bonds is 2. The summed E-state index contributed by atoms with van der Waals surface area (Å²) in [5.74, 6) is -2.69. The number of nitrogens with zero attached hydrogens (tertiary/aromatic N) is 1. The van der Waals surface area contributed by atoms with Gasteiger partial charge in [-0.15, -0.1) is 0 Å². The zero-order chi connectivity index (χ0) is 19.6. The Bertz CT molecular complexity index is 938. The molecule has 1 atom stereocenters. The second-order valence-corrected chi connectivity index (χ2v) is 8.72. The molecule has 0 bridgehead atoms. The summed E-state index contributed by atoms with van der Waals surface area (Å²) >= 11 is 0. The van der Waals surface area contributed by atoms with Crippen molar-refractivity contribution >= 4 is 23.4 Å². The average Bonchev–Trinajstić information content (AvgIpc) is 3.03. The van der Waals surface area contributed by atoms with Crippen LogP contribution in [0.1, 0.15) is 53.0 Å². The van der Waals surface area contributed by atoms with E-state index in [0.717, 1.165) is 10.8 Å². The van der Waals surface area contributed by atoms with Crippen LogP contribution in [0.5, 0.6) is 0 Å². The van der Waals surface area contributed by atoms with E-state index in [4.69, 9.17) is 9.31 Å². The quantitative estimate of drug-likeness (QED) is 0.753. The molecule has 4 rings (SSSR count). The highest BCUT2D eigenvalue weighted by molar-refractivity contribution is 6.62. The van der Waals surface area contributed by atoms with Gasteiger partial charge >= 0.3 is 7.12 Å². The molecule has 0 radical (unpaired) electrons. The summed E-state index contributed by atoms with van der Waals surface area (Å²) < 4.78 is 40.8. The largest absolute Gasteiger partial charge is 0.494 e. The molecule has 2 aliphatic rings. The van der Waals surface area contributed by atoms with Crippen molar-refractivity contribution in [2.75, 3.05) is 0 Å². The molecular weight excluding hydrogens is 351 g/mol. The zero-order valence-electron chi connectivity index (χ0n) is 16.1. The Balaban J connectivity index is 1.72.